The molecule has 1 amide bonds. The van der Waals surface area contributed by atoms with E-state index in [1.165, 1.54) is 0 Å². The summed E-state index contributed by atoms with van der Waals surface area (Å²) in [6, 6.07) is 14.3. The lowest BCUT2D eigenvalue weighted by Crippen LogP contribution is -2.14. The molecule has 0 fully saturated rings. The predicted octanol–water partition coefficient (Wildman–Crippen LogP) is 6.51. The molecule has 0 aliphatic heterocycles. The summed E-state index contributed by atoms with van der Waals surface area (Å²) >= 11 is 0. The number of fused-ring (bicyclic) bond motifs is 1. The minimum atomic E-state index is -4.50. The first-order valence-electron chi connectivity index (χ1n) is 9.32. The monoisotopic (exact) mass is 426 g/mol. The van der Waals surface area contributed by atoms with Crippen LogP contribution >= 0.6 is 0 Å². The molecule has 1 N–H and O–H groups in total. The maximum Gasteiger partial charge on any atom is 0.417 e. The first-order valence-corrected chi connectivity index (χ1v) is 9.32. The summed E-state index contributed by atoms with van der Waals surface area (Å²) in [6.45, 7) is 3.74. The second-order valence-corrected chi connectivity index (χ2v) is 7.04. The zero-order valence-corrected chi connectivity index (χ0v) is 16.6. The average Bonchev–Trinajstić information content (AvgIpc) is 3.10. The van der Waals surface area contributed by atoms with Gasteiger partial charge in [-0.2, -0.15) is 13.2 Å². The molecule has 5 nitrogen and oxygen atoms in total. The van der Waals surface area contributed by atoms with Crippen molar-refractivity contribution in [3.63, 3.8) is 0 Å². The van der Waals surface area contributed by atoms with Crippen LogP contribution in [0.5, 0.6) is 11.5 Å². The smallest absolute Gasteiger partial charge is 0.417 e. The highest BCUT2D eigenvalue weighted by Gasteiger charge is 2.30. The van der Waals surface area contributed by atoms with E-state index in [1.54, 1.807) is 25.1 Å². The van der Waals surface area contributed by atoms with E-state index in [0.29, 0.717) is 34.4 Å². The van der Waals surface area contributed by atoms with Crippen LogP contribution in [0.15, 0.2) is 65.2 Å². The SMILES string of the molecule is Cc1ccc(Oc2cc(C(=O)Nc3ccc(C(F)(F)F)cn3)cc3oc(C)cc23)cc1. The number of benzene rings is 2. The number of nitrogens with one attached hydrogen (secondary N) is 1. The van der Waals surface area contributed by atoms with Crippen molar-refractivity contribution in [2.75, 3.05) is 5.32 Å². The van der Waals surface area contributed by atoms with Gasteiger partial charge in [0.1, 0.15) is 28.7 Å². The largest absolute Gasteiger partial charge is 0.461 e. The number of pyridine rings is 1. The van der Waals surface area contributed by atoms with Gasteiger partial charge in [-0.15, -0.1) is 0 Å². The van der Waals surface area contributed by atoms with Crippen molar-refractivity contribution >= 4 is 22.7 Å². The summed E-state index contributed by atoms with van der Waals surface area (Å²) in [7, 11) is 0. The van der Waals surface area contributed by atoms with Gasteiger partial charge in [0.15, 0.2) is 0 Å². The fraction of sp³-hybridized carbons (Fsp3) is 0.130. The van der Waals surface area contributed by atoms with Crippen molar-refractivity contribution < 1.29 is 27.1 Å². The fourth-order valence-electron chi connectivity index (χ4n) is 3.01. The summed E-state index contributed by atoms with van der Waals surface area (Å²) in [5.41, 5.74) is 0.846. The first-order chi connectivity index (χ1) is 14.7. The summed E-state index contributed by atoms with van der Waals surface area (Å²) in [6.07, 6.45) is -3.83. The number of alkyl halides is 3. The minimum Gasteiger partial charge on any atom is -0.461 e. The molecule has 0 spiro atoms. The molecule has 8 heteroatoms. The number of ether oxygens (including phenoxy) is 1. The van der Waals surface area contributed by atoms with Crippen molar-refractivity contribution in [2.24, 2.45) is 0 Å². The predicted molar refractivity (Wildman–Crippen MR) is 109 cm³/mol. The zero-order valence-electron chi connectivity index (χ0n) is 16.6. The number of carbonyl (C=O) groups is 1. The number of halogens is 3. The molecule has 0 saturated carbocycles. The van der Waals surface area contributed by atoms with Crippen molar-refractivity contribution in [3.05, 3.63) is 83.2 Å². The molecule has 4 aromatic rings. The zero-order chi connectivity index (χ0) is 22.2. The van der Waals surface area contributed by atoms with E-state index in [-0.39, 0.29) is 11.4 Å². The molecule has 158 valence electrons. The van der Waals surface area contributed by atoms with Gasteiger partial charge in [0.05, 0.1) is 10.9 Å². The molecule has 0 aliphatic rings. The Balaban J connectivity index is 1.63. The number of aromatic nitrogens is 1. The van der Waals surface area contributed by atoms with E-state index in [1.807, 2.05) is 31.2 Å². The Morgan fingerprint density at radius 3 is 2.42 bits per heavy atom. The highest BCUT2D eigenvalue weighted by Crippen LogP contribution is 2.34. The van der Waals surface area contributed by atoms with E-state index in [9.17, 15) is 18.0 Å². The van der Waals surface area contributed by atoms with E-state index in [2.05, 4.69) is 10.3 Å². The van der Waals surface area contributed by atoms with Crippen molar-refractivity contribution in [2.45, 2.75) is 20.0 Å². The third-order valence-corrected chi connectivity index (χ3v) is 4.57. The number of nitrogens with zero attached hydrogens (tertiary/aromatic N) is 1. The maximum atomic E-state index is 12.7. The molecule has 0 saturated heterocycles. The second kappa shape index (κ2) is 7.79. The van der Waals surface area contributed by atoms with Gasteiger partial charge in [0.2, 0.25) is 0 Å². The summed E-state index contributed by atoms with van der Waals surface area (Å²) < 4.78 is 49.7. The van der Waals surface area contributed by atoms with Crippen LogP contribution in [0.3, 0.4) is 0 Å². The molecular formula is C23H17F3N2O3. The number of furan rings is 1. The molecule has 31 heavy (non-hydrogen) atoms. The van der Waals surface area contributed by atoms with E-state index >= 15 is 0 Å². The maximum absolute atomic E-state index is 12.7. The first kappa shape index (κ1) is 20.5. The lowest BCUT2D eigenvalue weighted by atomic mass is 10.1. The Morgan fingerprint density at radius 1 is 1.03 bits per heavy atom. The number of rotatable bonds is 4. The van der Waals surface area contributed by atoms with Crippen LogP contribution in [-0.4, -0.2) is 10.9 Å². The van der Waals surface area contributed by atoms with Crippen LogP contribution < -0.4 is 10.1 Å². The van der Waals surface area contributed by atoms with Crippen LogP contribution in [0, 0.1) is 13.8 Å². The van der Waals surface area contributed by atoms with Gasteiger partial charge in [-0.25, -0.2) is 4.98 Å². The van der Waals surface area contributed by atoms with E-state index in [4.69, 9.17) is 9.15 Å². The van der Waals surface area contributed by atoms with Gasteiger partial charge >= 0.3 is 6.18 Å². The normalized spacial score (nSPS) is 11.5. The highest BCUT2D eigenvalue weighted by molar-refractivity contribution is 6.06. The molecule has 2 heterocycles. The Bertz CT molecular complexity index is 1240. The highest BCUT2D eigenvalue weighted by atomic mass is 19.4. The topological polar surface area (TPSA) is 64.4 Å². The number of aryl methyl sites for hydroxylation is 2. The van der Waals surface area contributed by atoms with Crippen molar-refractivity contribution in [1.29, 1.82) is 0 Å². The third-order valence-electron chi connectivity index (χ3n) is 4.57. The number of carbonyl (C=O) groups excluding carboxylic acids is 1. The van der Waals surface area contributed by atoms with Crippen molar-refractivity contribution in [3.8, 4) is 11.5 Å². The lowest BCUT2D eigenvalue weighted by molar-refractivity contribution is -0.137. The average molecular weight is 426 g/mol. The molecule has 0 aliphatic carbocycles. The van der Waals surface area contributed by atoms with Crippen LogP contribution in [0.4, 0.5) is 19.0 Å². The number of hydrogen-bond acceptors (Lipinski definition) is 4. The molecule has 0 atom stereocenters. The molecule has 0 unspecified atom stereocenters. The number of anilines is 1. The van der Waals surface area contributed by atoms with Crippen LogP contribution in [0.1, 0.15) is 27.2 Å². The third kappa shape index (κ3) is 4.53. The van der Waals surface area contributed by atoms with Gasteiger partial charge < -0.3 is 14.5 Å². The molecule has 4 rings (SSSR count). The molecule has 2 aromatic heterocycles. The summed E-state index contributed by atoms with van der Waals surface area (Å²) in [5.74, 6) is 1.09. The molecular weight excluding hydrogens is 409 g/mol. The standard InChI is InChI=1S/C23H17F3N2O3/c1-13-3-6-17(7-4-13)31-20-11-15(10-19-18(20)9-14(2)30-19)22(29)28-21-8-5-16(12-27-21)23(24,25)26/h3-12H,1-2H3,(H,27,28,29). The van der Waals surface area contributed by atoms with Gasteiger partial charge in [0, 0.05) is 11.8 Å². The second-order valence-electron chi connectivity index (χ2n) is 7.04. The lowest BCUT2D eigenvalue weighted by Gasteiger charge is -2.10. The van der Waals surface area contributed by atoms with Crippen molar-refractivity contribution in [1.82, 2.24) is 4.98 Å². The van der Waals surface area contributed by atoms with Gasteiger partial charge in [-0.1, -0.05) is 17.7 Å². The summed E-state index contributed by atoms with van der Waals surface area (Å²) in [4.78, 5) is 16.4. The molecule has 0 bridgehead atoms. The van der Waals surface area contributed by atoms with Gasteiger partial charge in [0.25, 0.3) is 5.91 Å². The Morgan fingerprint density at radius 2 is 1.77 bits per heavy atom. The fourth-order valence-corrected chi connectivity index (χ4v) is 3.01. The molecule has 2 aromatic carbocycles. The van der Waals surface area contributed by atoms with E-state index in [0.717, 1.165) is 17.7 Å². The van der Waals surface area contributed by atoms with Crippen LogP contribution in [0.2, 0.25) is 0 Å². The Labute approximate surface area is 175 Å². The van der Waals surface area contributed by atoms with Crippen LogP contribution in [0.25, 0.3) is 11.0 Å². The Hall–Kier alpha value is -3.81. The minimum absolute atomic E-state index is 0.00488. The quantitative estimate of drug-likeness (QED) is 0.404. The summed E-state index contributed by atoms with van der Waals surface area (Å²) in [5, 5.41) is 3.19. The Kier molecular flexibility index (Phi) is 5.14. The van der Waals surface area contributed by atoms with E-state index < -0.39 is 17.6 Å². The number of amides is 1. The van der Waals surface area contributed by atoms with Crippen LogP contribution in [-0.2, 0) is 6.18 Å². The van der Waals surface area contributed by atoms with Gasteiger partial charge in [-0.3, -0.25) is 4.79 Å². The number of hydrogen-bond donors (Lipinski definition) is 1. The molecule has 0 radical (unpaired) electrons. The van der Waals surface area contributed by atoms with Gasteiger partial charge in [-0.05, 0) is 56.3 Å².